The number of methoxy groups -OCH3 is 3. The van der Waals surface area contributed by atoms with Crippen LogP contribution in [-0.4, -0.2) is 54.3 Å². The molecule has 1 aliphatic rings. The lowest BCUT2D eigenvalue weighted by atomic mass is 9.98. The first-order valence-corrected chi connectivity index (χ1v) is 11.5. The zero-order chi connectivity index (χ0) is 21.6. The smallest absolute Gasteiger partial charge is 0.240 e. The largest absolute Gasteiger partial charge is 0.497 e. The minimum atomic E-state index is -3.49. The quantitative estimate of drug-likeness (QED) is 0.580. The highest BCUT2D eigenvalue weighted by Crippen LogP contribution is 2.33. The maximum absolute atomic E-state index is 12.4. The molecule has 7 nitrogen and oxygen atoms in total. The fraction of sp³-hybridized carbons (Fsp3) is 0.455. The Morgan fingerprint density at radius 1 is 0.933 bits per heavy atom. The molecule has 0 spiro atoms. The van der Waals surface area contributed by atoms with E-state index in [0.29, 0.717) is 12.3 Å². The van der Waals surface area contributed by atoms with Crippen LogP contribution in [0.25, 0.3) is 0 Å². The molecule has 0 unspecified atom stereocenters. The van der Waals surface area contributed by atoms with Crippen molar-refractivity contribution in [3.05, 3.63) is 47.5 Å². The number of hydrogen-bond donors (Lipinski definition) is 1. The van der Waals surface area contributed by atoms with Gasteiger partial charge in [0.1, 0.15) is 5.75 Å². The SMILES string of the molecule is COc1ccc(S(=O)(=O)NCCCCN2CCc3cc(OC)c(OC)cc3C2)cc1. The highest BCUT2D eigenvalue weighted by molar-refractivity contribution is 7.89. The molecule has 164 valence electrons. The van der Waals surface area contributed by atoms with E-state index in [1.807, 2.05) is 0 Å². The van der Waals surface area contributed by atoms with Gasteiger partial charge in [0.05, 0.1) is 26.2 Å². The summed E-state index contributed by atoms with van der Waals surface area (Å²) in [4.78, 5) is 2.65. The molecule has 2 aromatic carbocycles. The van der Waals surface area contributed by atoms with E-state index < -0.39 is 10.0 Å². The molecule has 30 heavy (non-hydrogen) atoms. The molecule has 1 N–H and O–H groups in total. The van der Waals surface area contributed by atoms with Crippen molar-refractivity contribution < 1.29 is 22.6 Å². The van der Waals surface area contributed by atoms with Gasteiger partial charge in [-0.25, -0.2) is 13.1 Å². The van der Waals surface area contributed by atoms with E-state index in [1.165, 1.54) is 11.1 Å². The molecule has 0 bridgehead atoms. The highest BCUT2D eigenvalue weighted by atomic mass is 32.2. The molecule has 1 heterocycles. The number of rotatable bonds is 10. The van der Waals surface area contributed by atoms with Gasteiger partial charge in [-0.1, -0.05) is 0 Å². The van der Waals surface area contributed by atoms with E-state index in [9.17, 15) is 8.42 Å². The summed E-state index contributed by atoms with van der Waals surface area (Å²) in [6.07, 6.45) is 2.68. The van der Waals surface area contributed by atoms with Gasteiger partial charge in [-0.15, -0.1) is 0 Å². The summed E-state index contributed by atoms with van der Waals surface area (Å²) in [5, 5.41) is 0. The van der Waals surface area contributed by atoms with Gasteiger partial charge in [0.25, 0.3) is 0 Å². The number of hydrogen-bond acceptors (Lipinski definition) is 6. The normalized spacial score (nSPS) is 14.2. The van der Waals surface area contributed by atoms with Crippen molar-refractivity contribution >= 4 is 10.0 Å². The number of nitrogens with one attached hydrogen (secondary N) is 1. The topological polar surface area (TPSA) is 77.1 Å². The number of benzene rings is 2. The van der Waals surface area contributed by atoms with E-state index in [0.717, 1.165) is 50.4 Å². The van der Waals surface area contributed by atoms with Crippen molar-refractivity contribution in [2.45, 2.75) is 30.7 Å². The average molecular weight is 435 g/mol. The Bertz CT molecular complexity index is 945. The standard InChI is InChI=1S/C22H30N2O5S/c1-27-19-6-8-20(9-7-19)30(25,26)23-11-4-5-12-24-13-10-17-14-21(28-2)22(29-3)15-18(17)16-24/h6-9,14-15,23H,4-5,10-13,16H2,1-3H3. The molecule has 3 rings (SSSR count). The van der Waals surface area contributed by atoms with Gasteiger partial charge in [-0.3, -0.25) is 4.90 Å². The van der Waals surface area contributed by atoms with Crippen LogP contribution in [0.15, 0.2) is 41.3 Å². The van der Waals surface area contributed by atoms with Gasteiger partial charge >= 0.3 is 0 Å². The second-order valence-corrected chi connectivity index (χ2v) is 9.05. The summed E-state index contributed by atoms with van der Waals surface area (Å²) in [6, 6.07) is 10.5. The summed E-state index contributed by atoms with van der Waals surface area (Å²) in [5.74, 6) is 2.16. The molecule has 0 amide bonds. The van der Waals surface area contributed by atoms with E-state index in [4.69, 9.17) is 14.2 Å². The lowest BCUT2D eigenvalue weighted by Gasteiger charge is -2.29. The highest BCUT2D eigenvalue weighted by Gasteiger charge is 2.19. The predicted octanol–water partition coefficient (Wildman–Crippen LogP) is 2.83. The van der Waals surface area contributed by atoms with Gasteiger partial charge in [-0.05, 0) is 73.3 Å². The second-order valence-electron chi connectivity index (χ2n) is 7.28. The summed E-state index contributed by atoms with van der Waals surface area (Å²) < 4.78 is 43.3. The van der Waals surface area contributed by atoms with Crippen molar-refractivity contribution in [3.8, 4) is 17.2 Å². The van der Waals surface area contributed by atoms with Crippen molar-refractivity contribution in [3.63, 3.8) is 0 Å². The minimum Gasteiger partial charge on any atom is -0.497 e. The second kappa shape index (κ2) is 10.1. The first-order valence-electron chi connectivity index (χ1n) is 10.1. The Morgan fingerprint density at radius 2 is 1.60 bits per heavy atom. The van der Waals surface area contributed by atoms with Crippen LogP contribution in [-0.2, 0) is 23.0 Å². The maximum Gasteiger partial charge on any atom is 0.240 e. The monoisotopic (exact) mass is 434 g/mol. The first kappa shape index (κ1) is 22.4. The minimum absolute atomic E-state index is 0.250. The van der Waals surface area contributed by atoms with Gasteiger partial charge in [0.2, 0.25) is 10.0 Å². The van der Waals surface area contributed by atoms with Crippen molar-refractivity contribution in [1.29, 1.82) is 0 Å². The molecule has 0 saturated carbocycles. The van der Waals surface area contributed by atoms with Crippen LogP contribution in [0.3, 0.4) is 0 Å². The van der Waals surface area contributed by atoms with Crippen LogP contribution in [0.4, 0.5) is 0 Å². The molecule has 0 aromatic heterocycles. The van der Waals surface area contributed by atoms with Gasteiger partial charge in [-0.2, -0.15) is 0 Å². The van der Waals surface area contributed by atoms with E-state index >= 15 is 0 Å². The number of ether oxygens (including phenoxy) is 3. The van der Waals surface area contributed by atoms with Gasteiger partial charge in [0, 0.05) is 19.6 Å². The zero-order valence-electron chi connectivity index (χ0n) is 17.8. The Hall–Kier alpha value is -2.29. The van der Waals surface area contributed by atoms with Crippen molar-refractivity contribution in [2.24, 2.45) is 0 Å². The molecule has 0 aliphatic carbocycles. The lowest BCUT2D eigenvalue weighted by Crippen LogP contribution is -2.32. The molecule has 0 radical (unpaired) electrons. The van der Waals surface area contributed by atoms with Gasteiger partial charge in [0.15, 0.2) is 11.5 Å². The molecule has 2 aromatic rings. The van der Waals surface area contributed by atoms with E-state index in [2.05, 4.69) is 21.8 Å². The Kier molecular flexibility index (Phi) is 7.58. The Labute approximate surface area is 179 Å². The predicted molar refractivity (Wildman–Crippen MR) is 116 cm³/mol. The summed E-state index contributed by atoms with van der Waals surface area (Å²) in [6.45, 7) is 3.20. The molecular weight excluding hydrogens is 404 g/mol. The van der Waals surface area contributed by atoms with Crippen molar-refractivity contribution in [1.82, 2.24) is 9.62 Å². The third-order valence-corrected chi connectivity index (χ3v) is 6.84. The Morgan fingerprint density at radius 3 is 2.23 bits per heavy atom. The summed E-state index contributed by atoms with van der Waals surface area (Å²) in [7, 11) is 1.37. The fourth-order valence-corrected chi connectivity index (χ4v) is 4.71. The van der Waals surface area contributed by atoms with Crippen molar-refractivity contribution in [2.75, 3.05) is 41.0 Å². The maximum atomic E-state index is 12.4. The molecular formula is C22H30N2O5S. The molecule has 0 saturated heterocycles. The number of fused-ring (bicyclic) bond motifs is 1. The fourth-order valence-electron chi connectivity index (χ4n) is 3.64. The Balaban J connectivity index is 1.45. The van der Waals surface area contributed by atoms with E-state index in [1.54, 1.807) is 45.6 Å². The summed E-state index contributed by atoms with van der Waals surface area (Å²) in [5.41, 5.74) is 2.57. The van der Waals surface area contributed by atoms with E-state index in [-0.39, 0.29) is 4.90 Å². The lowest BCUT2D eigenvalue weighted by molar-refractivity contribution is 0.248. The third kappa shape index (κ3) is 5.44. The first-order chi connectivity index (χ1) is 14.5. The van der Waals surface area contributed by atoms with Crippen LogP contribution in [0.1, 0.15) is 24.0 Å². The number of nitrogens with zero attached hydrogens (tertiary/aromatic N) is 1. The van der Waals surface area contributed by atoms with Crippen LogP contribution in [0, 0.1) is 0 Å². The van der Waals surface area contributed by atoms with Crippen LogP contribution in [0.5, 0.6) is 17.2 Å². The molecule has 0 atom stereocenters. The molecule has 8 heteroatoms. The third-order valence-electron chi connectivity index (χ3n) is 5.36. The van der Waals surface area contributed by atoms with Gasteiger partial charge < -0.3 is 14.2 Å². The number of unbranched alkanes of at least 4 members (excludes halogenated alkanes) is 1. The van der Waals surface area contributed by atoms with Crippen LogP contribution < -0.4 is 18.9 Å². The average Bonchev–Trinajstić information content (AvgIpc) is 2.77. The van der Waals surface area contributed by atoms with Crippen LogP contribution in [0.2, 0.25) is 0 Å². The summed E-state index contributed by atoms with van der Waals surface area (Å²) >= 11 is 0. The van der Waals surface area contributed by atoms with Crippen LogP contribution >= 0.6 is 0 Å². The zero-order valence-corrected chi connectivity index (χ0v) is 18.6. The number of sulfonamides is 1. The molecule has 1 aliphatic heterocycles. The molecule has 0 fully saturated rings.